The lowest BCUT2D eigenvalue weighted by molar-refractivity contribution is 0.0925. The van der Waals surface area contributed by atoms with Crippen molar-refractivity contribution in [2.24, 2.45) is 0 Å². The standard InChI is InChI=1S/C17H27N3O2/c21-16(19-14-6-4-2-1-3-5-7-14)15-12-22-17(20-15)13-8-10-18-11-9-13/h12-14,18H,1-11H2,(H,19,21). The molecule has 0 unspecified atom stereocenters. The Morgan fingerprint density at radius 1 is 1.09 bits per heavy atom. The van der Waals surface area contributed by atoms with E-state index in [0.29, 0.717) is 17.7 Å². The van der Waals surface area contributed by atoms with Crippen LogP contribution in [0.2, 0.25) is 0 Å². The Hall–Kier alpha value is -1.36. The predicted molar refractivity (Wildman–Crippen MR) is 84.9 cm³/mol. The van der Waals surface area contributed by atoms with E-state index in [1.807, 2.05) is 0 Å². The van der Waals surface area contributed by atoms with Crippen LogP contribution in [-0.4, -0.2) is 30.0 Å². The summed E-state index contributed by atoms with van der Waals surface area (Å²) in [6.07, 6.45) is 12.1. The number of hydrogen-bond donors (Lipinski definition) is 2. The van der Waals surface area contributed by atoms with Crippen LogP contribution < -0.4 is 10.6 Å². The van der Waals surface area contributed by atoms with E-state index in [0.717, 1.165) is 44.7 Å². The molecule has 0 spiro atoms. The zero-order chi connectivity index (χ0) is 15.2. The van der Waals surface area contributed by atoms with E-state index < -0.39 is 0 Å². The molecule has 0 atom stereocenters. The molecule has 5 heteroatoms. The highest BCUT2D eigenvalue weighted by Crippen LogP contribution is 2.24. The van der Waals surface area contributed by atoms with Crippen molar-refractivity contribution in [3.05, 3.63) is 17.8 Å². The number of rotatable bonds is 3. The van der Waals surface area contributed by atoms with Crippen molar-refractivity contribution in [2.75, 3.05) is 13.1 Å². The molecule has 5 nitrogen and oxygen atoms in total. The minimum absolute atomic E-state index is 0.0745. The van der Waals surface area contributed by atoms with Gasteiger partial charge >= 0.3 is 0 Å². The van der Waals surface area contributed by atoms with Crippen LogP contribution in [0.3, 0.4) is 0 Å². The fourth-order valence-electron chi connectivity index (χ4n) is 3.51. The van der Waals surface area contributed by atoms with Crippen LogP contribution in [0.1, 0.15) is 80.1 Å². The van der Waals surface area contributed by atoms with Crippen molar-refractivity contribution >= 4 is 5.91 Å². The van der Waals surface area contributed by atoms with Gasteiger partial charge in [0.2, 0.25) is 0 Å². The van der Waals surface area contributed by atoms with Crippen molar-refractivity contribution in [3.63, 3.8) is 0 Å². The molecular weight excluding hydrogens is 278 g/mol. The van der Waals surface area contributed by atoms with Crippen LogP contribution in [-0.2, 0) is 0 Å². The SMILES string of the molecule is O=C(NC1CCCCCCC1)c1coc(C2CCNCC2)n1. The van der Waals surface area contributed by atoms with Gasteiger partial charge in [0.1, 0.15) is 6.26 Å². The maximum absolute atomic E-state index is 12.4. The van der Waals surface area contributed by atoms with Gasteiger partial charge in [-0.15, -0.1) is 0 Å². The van der Waals surface area contributed by atoms with Gasteiger partial charge in [-0.3, -0.25) is 4.79 Å². The van der Waals surface area contributed by atoms with Crippen molar-refractivity contribution < 1.29 is 9.21 Å². The molecule has 1 aromatic heterocycles. The number of aromatic nitrogens is 1. The minimum Gasteiger partial charge on any atom is -0.448 e. The molecular formula is C17H27N3O2. The maximum atomic E-state index is 12.4. The molecule has 1 aliphatic heterocycles. The number of nitrogens with zero attached hydrogens (tertiary/aromatic N) is 1. The molecule has 2 heterocycles. The van der Waals surface area contributed by atoms with Crippen molar-refractivity contribution in [2.45, 2.75) is 69.7 Å². The topological polar surface area (TPSA) is 67.2 Å². The predicted octanol–water partition coefficient (Wildman–Crippen LogP) is 2.98. The van der Waals surface area contributed by atoms with Gasteiger partial charge in [0.05, 0.1) is 0 Å². The van der Waals surface area contributed by atoms with Crippen LogP contribution >= 0.6 is 0 Å². The highest BCUT2D eigenvalue weighted by Gasteiger charge is 2.23. The second-order valence-electron chi connectivity index (χ2n) is 6.61. The fourth-order valence-corrected chi connectivity index (χ4v) is 3.51. The Balaban J connectivity index is 1.56. The molecule has 122 valence electrons. The van der Waals surface area contributed by atoms with Crippen molar-refractivity contribution in [3.8, 4) is 0 Å². The molecule has 0 radical (unpaired) electrons. The third-order valence-corrected chi connectivity index (χ3v) is 4.88. The first kappa shape index (κ1) is 15.5. The number of hydrogen-bond acceptors (Lipinski definition) is 4. The molecule has 2 N–H and O–H groups in total. The van der Waals surface area contributed by atoms with Crippen LogP contribution in [0.4, 0.5) is 0 Å². The summed E-state index contributed by atoms with van der Waals surface area (Å²) < 4.78 is 5.56. The number of amides is 1. The summed E-state index contributed by atoms with van der Waals surface area (Å²) in [5.41, 5.74) is 0.440. The lowest BCUT2D eigenvalue weighted by atomic mass is 9.96. The molecule has 22 heavy (non-hydrogen) atoms. The normalized spacial score (nSPS) is 22.0. The molecule has 2 aliphatic rings. The van der Waals surface area contributed by atoms with Gasteiger partial charge in [-0.2, -0.15) is 0 Å². The molecule has 3 rings (SSSR count). The van der Waals surface area contributed by atoms with Gasteiger partial charge in [0, 0.05) is 12.0 Å². The number of carbonyl (C=O) groups is 1. The van der Waals surface area contributed by atoms with E-state index >= 15 is 0 Å². The van der Waals surface area contributed by atoms with E-state index in [1.54, 1.807) is 0 Å². The molecule has 2 fully saturated rings. The fraction of sp³-hybridized carbons (Fsp3) is 0.765. The minimum atomic E-state index is -0.0745. The lowest BCUT2D eigenvalue weighted by Gasteiger charge is -2.20. The summed E-state index contributed by atoms with van der Waals surface area (Å²) in [7, 11) is 0. The Morgan fingerprint density at radius 2 is 1.77 bits per heavy atom. The monoisotopic (exact) mass is 305 g/mol. The van der Waals surface area contributed by atoms with E-state index in [9.17, 15) is 4.79 Å². The number of piperidine rings is 1. The first-order valence-corrected chi connectivity index (χ1v) is 8.80. The first-order valence-electron chi connectivity index (χ1n) is 8.80. The van der Waals surface area contributed by atoms with E-state index in [-0.39, 0.29) is 5.91 Å². The molecule has 1 saturated heterocycles. The summed E-state index contributed by atoms with van der Waals surface area (Å²) >= 11 is 0. The van der Waals surface area contributed by atoms with Gasteiger partial charge in [0.25, 0.3) is 5.91 Å². The van der Waals surface area contributed by atoms with Gasteiger partial charge in [0.15, 0.2) is 11.6 Å². The molecule has 1 saturated carbocycles. The zero-order valence-electron chi connectivity index (χ0n) is 13.3. The van der Waals surface area contributed by atoms with Crippen molar-refractivity contribution in [1.82, 2.24) is 15.6 Å². The summed E-state index contributed by atoms with van der Waals surface area (Å²) in [5, 5.41) is 6.48. The van der Waals surface area contributed by atoms with Gasteiger partial charge in [-0.05, 0) is 38.8 Å². The third-order valence-electron chi connectivity index (χ3n) is 4.88. The average Bonchev–Trinajstić information content (AvgIpc) is 3.01. The van der Waals surface area contributed by atoms with E-state index in [2.05, 4.69) is 15.6 Å². The summed E-state index contributed by atoms with van der Waals surface area (Å²) in [6.45, 7) is 1.99. The van der Waals surface area contributed by atoms with Crippen LogP contribution in [0.25, 0.3) is 0 Å². The average molecular weight is 305 g/mol. The molecule has 0 aromatic carbocycles. The van der Waals surface area contributed by atoms with E-state index in [4.69, 9.17) is 4.42 Å². The highest BCUT2D eigenvalue weighted by molar-refractivity contribution is 5.92. The summed E-state index contributed by atoms with van der Waals surface area (Å²) in [6, 6.07) is 0.298. The van der Waals surface area contributed by atoms with Gasteiger partial charge < -0.3 is 15.1 Å². The Bertz CT molecular complexity index is 472. The Labute approximate surface area is 132 Å². The largest absolute Gasteiger partial charge is 0.448 e. The zero-order valence-corrected chi connectivity index (χ0v) is 13.3. The maximum Gasteiger partial charge on any atom is 0.273 e. The number of oxazole rings is 1. The highest BCUT2D eigenvalue weighted by atomic mass is 16.3. The second-order valence-corrected chi connectivity index (χ2v) is 6.61. The lowest BCUT2D eigenvalue weighted by Crippen LogP contribution is -2.35. The summed E-state index contributed by atoms with van der Waals surface area (Å²) in [4.78, 5) is 16.8. The van der Waals surface area contributed by atoms with E-state index in [1.165, 1.54) is 38.4 Å². The Kier molecular flexibility index (Phi) is 5.48. The number of carbonyl (C=O) groups excluding carboxylic acids is 1. The quantitative estimate of drug-likeness (QED) is 0.901. The number of nitrogens with one attached hydrogen (secondary N) is 2. The van der Waals surface area contributed by atoms with Crippen molar-refractivity contribution in [1.29, 1.82) is 0 Å². The molecule has 0 bridgehead atoms. The second kappa shape index (κ2) is 7.77. The van der Waals surface area contributed by atoms with Crippen LogP contribution in [0, 0.1) is 0 Å². The van der Waals surface area contributed by atoms with Crippen LogP contribution in [0.15, 0.2) is 10.7 Å². The Morgan fingerprint density at radius 3 is 2.50 bits per heavy atom. The molecule has 1 aliphatic carbocycles. The molecule has 1 aromatic rings. The van der Waals surface area contributed by atoms with Crippen LogP contribution in [0.5, 0.6) is 0 Å². The van der Waals surface area contributed by atoms with Gasteiger partial charge in [-0.25, -0.2) is 4.98 Å². The van der Waals surface area contributed by atoms with Gasteiger partial charge in [-0.1, -0.05) is 32.1 Å². The molecule has 1 amide bonds. The summed E-state index contributed by atoms with van der Waals surface area (Å²) in [5.74, 6) is 1.00. The first-order chi connectivity index (χ1) is 10.8. The smallest absolute Gasteiger partial charge is 0.273 e. The third kappa shape index (κ3) is 4.09.